The summed E-state index contributed by atoms with van der Waals surface area (Å²) in [6.07, 6.45) is 1.51. The first-order valence-corrected chi connectivity index (χ1v) is 21.9. The van der Waals surface area contributed by atoms with Gasteiger partial charge in [-0.25, -0.2) is 10.6 Å². The minimum atomic E-state index is -0.575. The van der Waals surface area contributed by atoms with Crippen LogP contribution in [0.25, 0.3) is 16.7 Å². The van der Waals surface area contributed by atoms with Crippen LogP contribution in [0.1, 0.15) is 30.5 Å². The maximum Gasteiger partial charge on any atom is 0.361 e. The second kappa shape index (κ2) is 17.8. The number of fused-ring (bicyclic) bond motifs is 8. The minimum Gasteiger partial charge on any atom is -0.495 e. The quantitative estimate of drug-likeness (QED) is 0.0756. The Hall–Kier alpha value is -6.71. The van der Waals surface area contributed by atoms with Crippen molar-refractivity contribution < 1.29 is 32.8 Å². The van der Waals surface area contributed by atoms with Gasteiger partial charge in [0.1, 0.15) is 66.2 Å². The van der Waals surface area contributed by atoms with Crippen LogP contribution in [0.5, 0.6) is 17.2 Å². The zero-order chi connectivity index (χ0) is 44.5. The van der Waals surface area contributed by atoms with Crippen LogP contribution in [0.15, 0.2) is 106 Å². The Kier molecular flexibility index (Phi) is 11.9. The summed E-state index contributed by atoms with van der Waals surface area (Å²) < 4.78 is 43.8. The van der Waals surface area contributed by atoms with E-state index in [1.165, 1.54) is 11.2 Å². The summed E-state index contributed by atoms with van der Waals surface area (Å²) in [5.74, 6) is 9.15. The third kappa shape index (κ3) is 8.65. The predicted molar refractivity (Wildman–Crippen MR) is 251 cm³/mol. The lowest BCUT2D eigenvalue weighted by molar-refractivity contribution is 0.0277. The van der Waals surface area contributed by atoms with Gasteiger partial charge < -0.3 is 58.2 Å². The minimum absolute atomic E-state index is 0.149. The molecule has 4 aromatic carbocycles. The van der Waals surface area contributed by atoms with E-state index in [1.807, 2.05) is 36.4 Å². The van der Waals surface area contributed by atoms with Crippen LogP contribution in [0.2, 0.25) is 0 Å². The van der Waals surface area contributed by atoms with Gasteiger partial charge in [0, 0.05) is 48.5 Å². The fourth-order valence-electron chi connectivity index (χ4n) is 8.54. The highest BCUT2D eigenvalue weighted by molar-refractivity contribution is 5.84. The van der Waals surface area contributed by atoms with Crippen LogP contribution in [-0.4, -0.2) is 91.6 Å². The molecule has 0 amide bonds. The van der Waals surface area contributed by atoms with Crippen molar-refractivity contribution in [2.24, 2.45) is 11.6 Å². The molecule has 15 nitrogen and oxygen atoms in total. The molecule has 4 aliphatic heterocycles. The number of benzene rings is 4. The van der Waals surface area contributed by atoms with Gasteiger partial charge >= 0.3 is 11.6 Å². The van der Waals surface area contributed by atoms with Gasteiger partial charge in [-0.15, -0.1) is 0 Å². The Morgan fingerprint density at radius 1 is 0.812 bits per heavy atom. The Balaban J connectivity index is 1.00. The fourth-order valence-corrected chi connectivity index (χ4v) is 8.54. The second-order valence-electron chi connectivity index (χ2n) is 16.6. The first-order chi connectivity index (χ1) is 31.1. The summed E-state index contributed by atoms with van der Waals surface area (Å²) in [5, 5.41) is 1.94. The number of anilines is 5. The first kappa shape index (κ1) is 42.6. The molecule has 0 saturated carbocycles. The summed E-state index contributed by atoms with van der Waals surface area (Å²) in [6.45, 7) is 14.9. The van der Waals surface area contributed by atoms with Gasteiger partial charge in [0.05, 0.1) is 62.7 Å². The fraction of sp³-hybridized carbons (Fsp3) is 0.367. The maximum absolute atomic E-state index is 13.2. The molecule has 5 aromatic rings. The van der Waals surface area contributed by atoms with E-state index in [2.05, 4.69) is 83.7 Å². The van der Waals surface area contributed by atoms with E-state index < -0.39 is 5.63 Å². The van der Waals surface area contributed by atoms with Crippen molar-refractivity contribution in [1.29, 1.82) is 0 Å². The third-order valence-corrected chi connectivity index (χ3v) is 12.3. The molecule has 5 heterocycles. The molecule has 1 spiro atoms. The van der Waals surface area contributed by atoms with Gasteiger partial charge in [-0.05, 0) is 93.4 Å². The molecule has 1 unspecified atom stereocenters. The van der Waals surface area contributed by atoms with E-state index in [4.69, 9.17) is 44.4 Å². The number of hydrogen-bond donors (Lipinski definition) is 2. The Bertz CT molecular complexity index is 2660. The Labute approximate surface area is 373 Å². The number of hydrazine groups is 1. The highest BCUT2D eigenvalue weighted by atomic mass is 16.7. The van der Waals surface area contributed by atoms with Crippen molar-refractivity contribution >= 4 is 45.1 Å². The molecule has 15 heteroatoms. The van der Waals surface area contributed by atoms with Gasteiger partial charge in [-0.3, -0.25) is 5.01 Å². The van der Waals surface area contributed by atoms with Crippen LogP contribution < -0.4 is 56.0 Å². The van der Waals surface area contributed by atoms with Crippen molar-refractivity contribution in [2.75, 3.05) is 111 Å². The topological polar surface area (TPSA) is 153 Å². The molecule has 9 rings (SSSR count). The SMILES string of the molecule is CCN(CC)c1ccc2cc(N(N)/C=C(\N)c3ccc(N4CCOc5cc(C)ccc5N5C/C5=C5\OCCOCC6(CO5)CN6c5ccc(C)cc5OCC4)c(OC)c3)c(=O)oc2c1. The van der Waals surface area contributed by atoms with Crippen molar-refractivity contribution in [3.05, 3.63) is 124 Å². The van der Waals surface area contributed by atoms with Crippen LogP contribution in [0, 0.1) is 13.8 Å². The number of aryl methyl sites for hydroxylation is 2. The summed E-state index contributed by atoms with van der Waals surface area (Å²) in [7, 11) is 1.63. The van der Waals surface area contributed by atoms with Crippen molar-refractivity contribution in [1.82, 2.24) is 0 Å². The normalized spacial score (nSPS) is 20.0. The van der Waals surface area contributed by atoms with Gasteiger partial charge in [0.25, 0.3) is 0 Å². The largest absolute Gasteiger partial charge is 0.495 e. The third-order valence-electron chi connectivity index (χ3n) is 12.3. The monoisotopic (exact) mass is 871 g/mol. The highest BCUT2D eigenvalue weighted by Crippen LogP contribution is 2.46. The average molecular weight is 872 g/mol. The molecule has 3 saturated heterocycles. The number of ether oxygens (including phenoxy) is 6. The summed E-state index contributed by atoms with van der Waals surface area (Å²) in [5.41, 5.74) is 14.2. The molecule has 336 valence electrons. The van der Waals surface area contributed by atoms with Crippen LogP contribution in [0.3, 0.4) is 0 Å². The van der Waals surface area contributed by atoms with Crippen LogP contribution in [-0.2, 0) is 14.2 Å². The molecular formula is C49H57N7O8. The summed E-state index contributed by atoms with van der Waals surface area (Å²) in [4.78, 5) is 22.1. The number of hydrogen-bond acceptors (Lipinski definition) is 15. The van der Waals surface area contributed by atoms with E-state index in [0.29, 0.717) is 87.8 Å². The molecule has 1 aromatic heterocycles. The van der Waals surface area contributed by atoms with Gasteiger partial charge in [0.2, 0.25) is 0 Å². The molecule has 1 atom stereocenters. The van der Waals surface area contributed by atoms with Crippen molar-refractivity contribution in [2.45, 2.75) is 33.2 Å². The lowest BCUT2D eigenvalue weighted by Crippen LogP contribution is -2.33. The van der Waals surface area contributed by atoms with Crippen molar-refractivity contribution in [3.63, 3.8) is 0 Å². The molecular weight excluding hydrogens is 815 g/mol. The van der Waals surface area contributed by atoms with E-state index in [0.717, 1.165) is 76.1 Å². The highest BCUT2D eigenvalue weighted by Gasteiger charge is 2.55. The summed E-state index contributed by atoms with van der Waals surface area (Å²) >= 11 is 0. The van der Waals surface area contributed by atoms with E-state index in [1.54, 1.807) is 13.2 Å². The lowest BCUT2D eigenvalue weighted by Gasteiger charge is -2.28. The van der Waals surface area contributed by atoms with Gasteiger partial charge in [-0.1, -0.05) is 18.2 Å². The summed E-state index contributed by atoms with van der Waals surface area (Å²) in [6, 6.07) is 25.8. The molecule has 4 N–H and O–H groups in total. The lowest BCUT2D eigenvalue weighted by atomic mass is 10.1. The predicted octanol–water partition coefficient (Wildman–Crippen LogP) is 6.49. The second-order valence-corrected chi connectivity index (χ2v) is 16.6. The molecule has 0 aliphatic carbocycles. The molecule has 2 bridgehead atoms. The number of rotatable bonds is 8. The van der Waals surface area contributed by atoms with E-state index >= 15 is 0 Å². The average Bonchev–Trinajstić information content (AvgIpc) is 4.22. The van der Waals surface area contributed by atoms with E-state index in [9.17, 15) is 4.79 Å². The number of nitrogens with zero attached hydrogens (tertiary/aromatic N) is 5. The van der Waals surface area contributed by atoms with Crippen LogP contribution >= 0.6 is 0 Å². The Morgan fingerprint density at radius 2 is 1.53 bits per heavy atom. The Morgan fingerprint density at radius 3 is 2.27 bits per heavy atom. The standard InChI is InChI=1S/C49H57N7O8/c1-6-52(7-2)36-12-10-35-24-41(47(57)64-43(35)26-36)56(51)27-37(50)34-11-15-38(44(25-34)58-5)53-16-18-60-45-22-32(3)8-13-39(45)54-28-42(54)48-62-21-20-59-30-49(31-63-48)29-55(49)40-14-9-33(4)23-46(40)61-19-17-53/h8-15,22-27H,6-7,16-21,28-31,50-51H2,1-5H3/b37-27-,48-42-. The molecule has 0 radical (unpaired) electrons. The number of nitrogens with two attached hydrogens (primary N) is 2. The van der Waals surface area contributed by atoms with Crippen LogP contribution in [0.4, 0.5) is 28.4 Å². The zero-order valence-corrected chi connectivity index (χ0v) is 37.2. The van der Waals surface area contributed by atoms with E-state index in [-0.39, 0.29) is 11.2 Å². The zero-order valence-electron chi connectivity index (χ0n) is 37.2. The van der Waals surface area contributed by atoms with Gasteiger partial charge in [-0.2, -0.15) is 0 Å². The number of methoxy groups -OCH3 is 1. The molecule has 3 fully saturated rings. The first-order valence-electron chi connectivity index (χ1n) is 21.9. The van der Waals surface area contributed by atoms with Crippen molar-refractivity contribution in [3.8, 4) is 17.2 Å². The molecule has 4 aliphatic rings. The smallest absolute Gasteiger partial charge is 0.361 e. The molecule has 64 heavy (non-hydrogen) atoms. The van der Waals surface area contributed by atoms with Gasteiger partial charge in [0.15, 0.2) is 0 Å². The maximum atomic E-state index is 13.2.